The second-order valence-electron chi connectivity index (χ2n) is 8.58. The van der Waals surface area contributed by atoms with Gasteiger partial charge in [-0.2, -0.15) is 0 Å². The molecular weight excluding hydrogens is 450 g/mol. The zero-order valence-electron chi connectivity index (χ0n) is 18.2. The number of nitrogens with one attached hydrogen (secondary N) is 1. The van der Waals surface area contributed by atoms with Crippen LogP contribution in [0.1, 0.15) is 26.7 Å². The first-order valence-electron chi connectivity index (χ1n) is 10.4. The quantitative estimate of drug-likeness (QED) is 0.321. The topological polar surface area (TPSA) is 102 Å². The van der Waals surface area contributed by atoms with Crippen molar-refractivity contribution in [2.24, 2.45) is 5.41 Å². The van der Waals surface area contributed by atoms with Crippen LogP contribution in [0.25, 0.3) is 0 Å². The summed E-state index contributed by atoms with van der Waals surface area (Å²) in [6.07, 6.45) is -0.0412. The van der Waals surface area contributed by atoms with Gasteiger partial charge < -0.3 is 9.47 Å². The third-order valence-electron chi connectivity index (χ3n) is 5.47. The Hall–Kier alpha value is -2.07. The number of rotatable bonds is 9. The van der Waals surface area contributed by atoms with E-state index in [0.717, 1.165) is 5.75 Å². The molecule has 0 saturated carbocycles. The van der Waals surface area contributed by atoms with Gasteiger partial charge in [0.2, 0.25) is 0 Å². The number of amides is 1. The van der Waals surface area contributed by atoms with E-state index in [1.165, 1.54) is 22.5 Å². The SMILES string of the molecule is CC(C)(COc1ccc(S(=O)(=O)C2(C(=O)NO)CCOCC2)cc1)CSc1ccccc1. The van der Waals surface area contributed by atoms with Crippen LogP contribution in [-0.2, 0) is 19.4 Å². The van der Waals surface area contributed by atoms with Crippen molar-refractivity contribution >= 4 is 27.5 Å². The van der Waals surface area contributed by atoms with Crippen molar-refractivity contribution < 1.29 is 27.9 Å². The van der Waals surface area contributed by atoms with E-state index in [9.17, 15) is 13.2 Å². The van der Waals surface area contributed by atoms with Gasteiger partial charge >= 0.3 is 0 Å². The number of hydroxylamine groups is 1. The van der Waals surface area contributed by atoms with Crippen molar-refractivity contribution in [2.75, 3.05) is 25.6 Å². The maximum absolute atomic E-state index is 13.3. The van der Waals surface area contributed by atoms with Gasteiger partial charge in [0.15, 0.2) is 14.6 Å². The zero-order chi connectivity index (χ0) is 23.2. The fourth-order valence-electron chi connectivity index (χ4n) is 3.48. The van der Waals surface area contributed by atoms with Gasteiger partial charge in [-0.15, -0.1) is 11.8 Å². The first-order chi connectivity index (χ1) is 15.2. The molecule has 1 saturated heterocycles. The van der Waals surface area contributed by atoms with Crippen LogP contribution >= 0.6 is 11.8 Å². The molecule has 0 aromatic heterocycles. The number of hydrogen-bond acceptors (Lipinski definition) is 7. The van der Waals surface area contributed by atoms with Crippen LogP contribution < -0.4 is 10.2 Å². The Labute approximate surface area is 193 Å². The summed E-state index contributed by atoms with van der Waals surface area (Å²) in [5.41, 5.74) is 1.42. The molecule has 0 unspecified atom stereocenters. The molecule has 0 aliphatic carbocycles. The molecule has 2 aromatic rings. The zero-order valence-corrected chi connectivity index (χ0v) is 19.9. The second kappa shape index (κ2) is 10.2. The Kier molecular flexibility index (Phi) is 7.87. The molecule has 1 heterocycles. The highest BCUT2D eigenvalue weighted by atomic mass is 32.2. The minimum absolute atomic E-state index is 0.00856. The van der Waals surface area contributed by atoms with Crippen LogP contribution in [-0.4, -0.2) is 49.9 Å². The molecule has 0 spiro atoms. The molecule has 3 rings (SSSR count). The third kappa shape index (κ3) is 5.46. The standard InChI is InChI=1S/C23H29NO6S2/c1-22(2,17-31-19-6-4-3-5-7-19)16-30-18-8-10-20(11-9-18)32(27,28)23(21(25)24-26)12-14-29-15-13-23/h3-11,26H,12-17H2,1-2H3,(H,24,25). The molecule has 1 fully saturated rings. The van der Waals surface area contributed by atoms with Crippen LogP contribution in [0.3, 0.4) is 0 Å². The van der Waals surface area contributed by atoms with E-state index in [0.29, 0.717) is 12.4 Å². The van der Waals surface area contributed by atoms with Crippen molar-refractivity contribution in [1.82, 2.24) is 5.48 Å². The highest BCUT2D eigenvalue weighted by Gasteiger charge is 2.52. The summed E-state index contributed by atoms with van der Waals surface area (Å²) < 4.78 is 36.0. The first kappa shape index (κ1) is 24.6. The Morgan fingerprint density at radius 1 is 1.12 bits per heavy atom. The summed E-state index contributed by atoms with van der Waals surface area (Å²) in [7, 11) is -4.05. The second-order valence-corrected chi connectivity index (χ2v) is 11.9. The summed E-state index contributed by atoms with van der Waals surface area (Å²) in [5, 5.41) is 9.14. The number of thioether (sulfide) groups is 1. The van der Waals surface area contributed by atoms with Crippen molar-refractivity contribution in [3.05, 3.63) is 54.6 Å². The molecule has 9 heteroatoms. The van der Waals surface area contributed by atoms with E-state index in [-0.39, 0.29) is 36.4 Å². The third-order valence-corrected chi connectivity index (χ3v) is 9.51. The van der Waals surface area contributed by atoms with Crippen LogP contribution in [0.15, 0.2) is 64.4 Å². The molecule has 1 aliphatic rings. The average molecular weight is 480 g/mol. The molecule has 1 aliphatic heterocycles. The van der Waals surface area contributed by atoms with Crippen LogP contribution in [0.4, 0.5) is 0 Å². The lowest BCUT2D eigenvalue weighted by Gasteiger charge is -2.34. The Balaban J connectivity index is 1.66. The molecule has 0 atom stereocenters. The maximum Gasteiger partial charge on any atom is 0.265 e. The van der Waals surface area contributed by atoms with Gasteiger partial charge in [0, 0.05) is 29.3 Å². The monoisotopic (exact) mass is 479 g/mol. The summed E-state index contributed by atoms with van der Waals surface area (Å²) >= 11 is 1.76. The smallest absolute Gasteiger partial charge is 0.265 e. The lowest BCUT2D eigenvalue weighted by molar-refractivity contribution is -0.134. The van der Waals surface area contributed by atoms with E-state index in [4.69, 9.17) is 14.7 Å². The van der Waals surface area contributed by atoms with Gasteiger partial charge in [-0.3, -0.25) is 10.0 Å². The summed E-state index contributed by atoms with van der Waals surface area (Å²) in [6.45, 7) is 4.95. The molecule has 174 valence electrons. The first-order valence-corrected chi connectivity index (χ1v) is 12.8. The maximum atomic E-state index is 13.3. The lowest BCUT2D eigenvalue weighted by Crippen LogP contribution is -2.54. The van der Waals surface area contributed by atoms with E-state index >= 15 is 0 Å². The van der Waals surface area contributed by atoms with Crippen molar-refractivity contribution in [1.29, 1.82) is 0 Å². The predicted octanol–water partition coefficient (Wildman–Crippen LogP) is 3.71. The minimum Gasteiger partial charge on any atom is -0.493 e. The van der Waals surface area contributed by atoms with Crippen molar-refractivity contribution in [2.45, 2.75) is 41.2 Å². The van der Waals surface area contributed by atoms with Crippen LogP contribution in [0.2, 0.25) is 0 Å². The van der Waals surface area contributed by atoms with Gasteiger partial charge in [-0.25, -0.2) is 13.9 Å². The molecule has 2 N–H and O–H groups in total. The largest absolute Gasteiger partial charge is 0.493 e. The fourth-order valence-corrected chi connectivity index (χ4v) is 6.41. The van der Waals surface area contributed by atoms with E-state index < -0.39 is 20.5 Å². The van der Waals surface area contributed by atoms with Gasteiger partial charge in [0.1, 0.15) is 5.75 Å². The van der Waals surface area contributed by atoms with Gasteiger partial charge in [-0.05, 0) is 49.2 Å². The summed E-state index contributed by atoms with van der Waals surface area (Å²) in [5.74, 6) is 0.484. The number of benzene rings is 2. The number of ether oxygens (including phenoxy) is 2. The normalized spacial score (nSPS) is 16.3. The van der Waals surface area contributed by atoms with Crippen molar-refractivity contribution in [3.8, 4) is 5.75 Å². The number of sulfone groups is 1. The summed E-state index contributed by atoms with van der Waals surface area (Å²) in [6, 6.07) is 16.2. The number of carbonyl (C=O) groups excluding carboxylic acids is 1. The van der Waals surface area contributed by atoms with Gasteiger partial charge in [0.05, 0.1) is 11.5 Å². The minimum atomic E-state index is -4.05. The average Bonchev–Trinajstić information content (AvgIpc) is 2.82. The number of hydrogen-bond donors (Lipinski definition) is 2. The van der Waals surface area contributed by atoms with Gasteiger partial charge in [0.25, 0.3) is 5.91 Å². The Morgan fingerprint density at radius 2 is 1.75 bits per heavy atom. The van der Waals surface area contributed by atoms with Gasteiger partial charge in [-0.1, -0.05) is 32.0 Å². The predicted molar refractivity (Wildman–Crippen MR) is 123 cm³/mol. The van der Waals surface area contributed by atoms with Crippen molar-refractivity contribution in [3.63, 3.8) is 0 Å². The molecule has 32 heavy (non-hydrogen) atoms. The highest BCUT2D eigenvalue weighted by Crippen LogP contribution is 2.36. The van der Waals surface area contributed by atoms with Crippen LogP contribution in [0, 0.1) is 5.41 Å². The summed E-state index contributed by atoms with van der Waals surface area (Å²) in [4.78, 5) is 13.5. The van der Waals surface area contributed by atoms with E-state index in [1.54, 1.807) is 23.9 Å². The number of carbonyl (C=O) groups is 1. The lowest BCUT2D eigenvalue weighted by atomic mass is 9.98. The Bertz CT molecular complexity index is 1000. The molecule has 2 aromatic carbocycles. The molecule has 7 nitrogen and oxygen atoms in total. The highest BCUT2D eigenvalue weighted by molar-refractivity contribution is 7.99. The molecule has 1 amide bonds. The fraction of sp³-hybridized carbons (Fsp3) is 0.435. The molecular formula is C23H29NO6S2. The molecule has 0 bridgehead atoms. The Morgan fingerprint density at radius 3 is 2.34 bits per heavy atom. The van der Waals surface area contributed by atoms with E-state index in [2.05, 4.69) is 26.0 Å². The van der Waals surface area contributed by atoms with Crippen LogP contribution in [0.5, 0.6) is 5.75 Å². The molecule has 0 radical (unpaired) electrons. The van der Waals surface area contributed by atoms with E-state index in [1.807, 2.05) is 18.2 Å².